The highest BCUT2D eigenvalue weighted by Crippen LogP contribution is 2.29. The lowest BCUT2D eigenvalue weighted by Gasteiger charge is -2.32. The maximum Gasteiger partial charge on any atom is 0.254 e. The second-order valence-corrected chi connectivity index (χ2v) is 7.34. The molecule has 29 heavy (non-hydrogen) atoms. The third-order valence-corrected chi connectivity index (χ3v) is 5.29. The molecule has 2 aromatic rings. The molecule has 2 heterocycles. The minimum atomic E-state index is -0.158. The van der Waals surface area contributed by atoms with Crippen molar-refractivity contribution in [2.24, 2.45) is 0 Å². The zero-order valence-corrected chi connectivity index (χ0v) is 16.8. The summed E-state index contributed by atoms with van der Waals surface area (Å²) in [4.78, 5) is 35.3. The summed E-state index contributed by atoms with van der Waals surface area (Å²) < 4.78 is 0. The van der Waals surface area contributed by atoms with Gasteiger partial charge in [0.25, 0.3) is 5.91 Å². The van der Waals surface area contributed by atoms with Gasteiger partial charge in [-0.05, 0) is 31.7 Å². The number of aliphatic hydroxyl groups is 1. The highest BCUT2D eigenvalue weighted by molar-refractivity contribution is 5.95. The van der Waals surface area contributed by atoms with Gasteiger partial charge >= 0.3 is 0 Å². The first-order valence-electron chi connectivity index (χ1n) is 10.1. The van der Waals surface area contributed by atoms with Gasteiger partial charge in [-0.3, -0.25) is 9.59 Å². The molecule has 1 aromatic heterocycles. The Morgan fingerprint density at radius 2 is 1.93 bits per heavy atom. The van der Waals surface area contributed by atoms with Gasteiger partial charge in [0.15, 0.2) is 0 Å². The van der Waals surface area contributed by atoms with Crippen LogP contribution in [0.25, 0.3) is 0 Å². The van der Waals surface area contributed by atoms with E-state index >= 15 is 0 Å². The molecule has 2 amide bonds. The fourth-order valence-electron chi connectivity index (χ4n) is 3.69. The van der Waals surface area contributed by atoms with E-state index in [1.165, 1.54) is 5.56 Å². The molecule has 0 bridgehead atoms. The van der Waals surface area contributed by atoms with Crippen LogP contribution in [0, 0.1) is 6.92 Å². The summed E-state index contributed by atoms with van der Waals surface area (Å²) in [6.45, 7) is 3.46. The van der Waals surface area contributed by atoms with Gasteiger partial charge in [0, 0.05) is 38.2 Å². The molecule has 154 valence electrons. The van der Waals surface area contributed by atoms with Gasteiger partial charge in [-0.2, -0.15) is 0 Å². The molecule has 7 nitrogen and oxygen atoms in total. The fraction of sp³-hybridized carbons (Fsp3) is 0.455. The number of piperidine rings is 1. The lowest BCUT2D eigenvalue weighted by atomic mass is 9.90. The van der Waals surface area contributed by atoms with E-state index in [2.05, 4.69) is 15.3 Å². The standard InChI is InChI=1S/C22H28N4O3/c1-16-24-15-19(22(29)23-11-7-17-5-3-2-4-6-17)21(25-16)18-8-12-26(13-9-18)20(28)10-14-27/h2-6,15,18,27H,7-14H2,1H3,(H,23,29). The Bertz CT molecular complexity index is 833. The molecule has 0 atom stereocenters. The highest BCUT2D eigenvalue weighted by atomic mass is 16.3. The summed E-state index contributed by atoms with van der Waals surface area (Å²) in [5, 5.41) is 11.9. The number of hydrogen-bond donors (Lipinski definition) is 2. The van der Waals surface area contributed by atoms with Crippen LogP contribution >= 0.6 is 0 Å². The van der Waals surface area contributed by atoms with Crippen LogP contribution in [0.4, 0.5) is 0 Å². The first kappa shape index (κ1) is 20.9. The molecule has 0 saturated carbocycles. The number of carbonyl (C=O) groups is 2. The minimum Gasteiger partial charge on any atom is -0.396 e. The van der Waals surface area contributed by atoms with E-state index in [1.807, 2.05) is 37.3 Å². The molecule has 0 radical (unpaired) electrons. The maximum atomic E-state index is 12.8. The number of likely N-dealkylation sites (tertiary alicyclic amines) is 1. The van der Waals surface area contributed by atoms with Crippen molar-refractivity contribution in [1.82, 2.24) is 20.2 Å². The summed E-state index contributed by atoms with van der Waals surface area (Å²) in [6.07, 6.45) is 4.03. The predicted octanol–water partition coefficient (Wildman–Crippen LogP) is 1.85. The Labute approximate surface area is 171 Å². The lowest BCUT2D eigenvalue weighted by Crippen LogP contribution is -2.39. The van der Waals surface area contributed by atoms with Gasteiger partial charge in [-0.25, -0.2) is 9.97 Å². The van der Waals surface area contributed by atoms with Crippen molar-refractivity contribution in [1.29, 1.82) is 0 Å². The van der Waals surface area contributed by atoms with Gasteiger partial charge in [-0.1, -0.05) is 30.3 Å². The second-order valence-electron chi connectivity index (χ2n) is 7.34. The number of aryl methyl sites for hydroxylation is 1. The van der Waals surface area contributed by atoms with E-state index in [1.54, 1.807) is 11.1 Å². The summed E-state index contributed by atoms with van der Waals surface area (Å²) in [7, 11) is 0. The molecule has 1 saturated heterocycles. The van der Waals surface area contributed by atoms with E-state index in [-0.39, 0.29) is 30.8 Å². The largest absolute Gasteiger partial charge is 0.396 e. The van der Waals surface area contributed by atoms with Gasteiger partial charge in [0.1, 0.15) is 5.82 Å². The SMILES string of the molecule is Cc1ncc(C(=O)NCCc2ccccc2)c(C2CCN(C(=O)CCO)CC2)n1. The zero-order valence-electron chi connectivity index (χ0n) is 16.8. The first-order valence-corrected chi connectivity index (χ1v) is 10.1. The molecular formula is C22H28N4O3. The molecular weight excluding hydrogens is 368 g/mol. The van der Waals surface area contributed by atoms with Crippen LogP contribution < -0.4 is 5.32 Å². The molecule has 0 spiro atoms. The van der Waals surface area contributed by atoms with Gasteiger partial charge < -0.3 is 15.3 Å². The fourth-order valence-corrected chi connectivity index (χ4v) is 3.69. The van der Waals surface area contributed by atoms with Gasteiger partial charge in [0.05, 0.1) is 17.9 Å². The summed E-state index contributed by atoms with van der Waals surface area (Å²) in [6, 6.07) is 10.0. The van der Waals surface area contributed by atoms with Crippen molar-refractivity contribution in [3.63, 3.8) is 0 Å². The van der Waals surface area contributed by atoms with Gasteiger partial charge in [-0.15, -0.1) is 0 Å². The average molecular weight is 396 g/mol. The third-order valence-electron chi connectivity index (χ3n) is 5.29. The van der Waals surface area contributed by atoms with Crippen LogP contribution in [-0.4, -0.2) is 58.0 Å². The Morgan fingerprint density at radius 3 is 2.62 bits per heavy atom. The molecule has 2 N–H and O–H groups in total. The van der Waals surface area contributed by atoms with E-state index in [0.29, 0.717) is 31.0 Å². The van der Waals surface area contributed by atoms with E-state index in [0.717, 1.165) is 25.0 Å². The lowest BCUT2D eigenvalue weighted by molar-refractivity contribution is -0.132. The number of aliphatic hydroxyl groups excluding tert-OH is 1. The zero-order chi connectivity index (χ0) is 20.6. The smallest absolute Gasteiger partial charge is 0.254 e. The predicted molar refractivity (Wildman–Crippen MR) is 110 cm³/mol. The molecule has 1 fully saturated rings. The topological polar surface area (TPSA) is 95.4 Å². The molecule has 0 aliphatic carbocycles. The number of aromatic nitrogens is 2. The van der Waals surface area contributed by atoms with Crippen molar-refractivity contribution in [3.8, 4) is 0 Å². The van der Waals surface area contributed by atoms with Crippen LogP contribution in [-0.2, 0) is 11.2 Å². The number of rotatable bonds is 7. The first-order chi connectivity index (χ1) is 14.1. The summed E-state index contributed by atoms with van der Waals surface area (Å²) >= 11 is 0. The monoisotopic (exact) mass is 396 g/mol. The minimum absolute atomic E-state index is 0.0244. The number of amides is 2. The van der Waals surface area contributed by atoms with E-state index < -0.39 is 0 Å². The molecule has 1 aliphatic rings. The quantitative estimate of drug-likeness (QED) is 0.745. The Hall–Kier alpha value is -2.80. The maximum absolute atomic E-state index is 12.8. The van der Waals surface area contributed by atoms with E-state index in [9.17, 15) is 9.59 Å². The number of nitrogens with zero attached hydrogens (tertiary/aromatic N) is 3. The Kier molecular flexibility index (Phi) is 7.30. The van der Waals surface area contributed by atoms with Crippen molar-refractivity contribution >= 4 is 11.8 Å². The molecule has 7 heteroatoms. The Balaban J connectivity index is 1.63. The van der Waals surface area contributed by atoms with Crippen LogP contribution in [0.3, 0.4) is 0 Å². The van der Waals surface area contributed by atoms with Crippen molar-refractivity contribution in [2.75, 3.05) is 26.2 Å². The normalized spacial score (nSPS) is 14.6. The van der Waals surface area contributed by atoms with Crippen LogP contribution in [0.2, 0.25) is 0 Å². The van der Waals surface area contributed by atoms with E-state index in [4.69, 9.17) is 5.11 Å². The highest BCUT2D eigenvalue weighted by Gasteiger charge is 2.28. The van der Waals surface area contributed by atoms with Crippen molar-refractivity contribution in [3.05, 3.63) is 59.2 Å². The number of carbonyl (C=O) groups excluding carboxylic acids is 2. The molecule has 3 rings (SSSR count). The van der Waals surface area contributed by atoms with Crippen LogP contribution in [0.5, 0.6) is 0 Å². The average Bonchev–Trinajstić information content (AvgIpc) is 2.74. The van der Waals surface area contributed by atoms with Crippen molar-refractivity contribution in [2.45, 2.75) is 38.5 Å². The van der Waals surface area contributed by atoms with Crippen molar-refractivity contribution < 1.29 is 14.7 Å². The number of hydrogen-bond acceptors (Lipinski definition) is 5. The third kappa shape index (κ3) is 5.60. The van der Waals surface area contributed by atoms with Gasteiger partial charge in [0.2, 0.25) is 5.91 Å². The Morgan fingerprint density at radius 1 is 1.21 bits per heavy atom. The van der Waals surface area contributed by atoms with Crippen LogP contribution in [0.1, 0.15) is 52.6 Å². The van der Waals surface area contributed by atoms with Crippen LogP contribution in [0.15, 0.2) is 36.5 Å². The molecule has 1 aromatic carbocycles. The number of benzene rings is 1. The molecule has 1 aliphatic heterocycles. The summed E-state index contributed by atoms with van der Waals surface area (Å²) in [5.41, 5.74) is 2.46. The summed E-state index contributed by atoms with van der Waals surface area (Å²) in [5.74, 6) is 0.572. The number of nitrogens with one attached hydrogen (secondary N) is 1. The second kappa shape index (κ2) is 10.1. The molecule has 0 unspecified atom stereocenters.